The van der Waals surface area contributed by atoms with Crippen LogP contribution in [0.25, 0.3) is 10.9 Å². The summed E-state index contributed by atoms with van der Waals surface area (Å²) in [6.07, 6.45) is 2.46. The van der Waals surface area contributed by atoms with Crippen LogP contribution in [0.2, 0.25) is 0 Å². The molecule has 0 saturated carbocycles. The van der Waals surface area contributed by atoms with Crippen LogP contribution >= 0.6 is 0 Å². The molecule has 0 amide bonds. The number of aromatic nitrogens is 1. The van der Waals surface area contributed by atoms with Crippen LogP contribution in [0.4, 0.5) is 0 Å². The molecule has 3 aromatic rings. The average Bonchev–Trinajstić information content (AvgIpc) is 3.32. The lowest BCUT2D eigenvalue weighted by atomic mass is 10.1. The highest BCUT2D eigenvalue weighted by atomic mass is 16.4. The molecule has 5 heteroatoms. The molecule has 0 aliphatic carbocycles. The number of hydrogen-bond acceptors (Lipinski definition) is 3. The van der Waals surface area contributed by atoms with Gasteiger partial charge >= 0.3 is 5.97 Å². The van der Waals surface area contributed by atoms with E-state index in [0.717, 1.165) is 35.1 Å². The van der Waals surface area contributed by atoms with Crippen LogP contribution in [0, 0.1) is 6.92 Å². The summed E-state index contributed by atoms with van der Waals surface area (Å²) in [5.41, 5.74) is 4.57. The summed E-state index contributed by atoms with van der Waals surface area (Å²) in [7, 11) is 0. The molecule has 2 aromatic carbocycles. The van der Waals surface area contributed by atoms with Gasteiger partial charge in [-0.1, -0.05) is 49.4 Å². The first-order valence-corrected chi connectivity index (χ1v) is 10.9. The van der Waals surface area contributed by atoms with Gasteiger partial charge in [0.25, 0.3) is 0 Å². The summed E-state index contributed by atoms with van der Waals surface area (Å²) in [4.78, 5) is 14.9. The molecule has 1 aliphatic rings. The minimum Gasteiger partial charge on any atom is -0.477 e. The Morgan fingerprint density at radius 3 is 2.70 bits per heavy atom. The highest BCUT2D eigenvalue weighted by molar-refractivity contribution is 5.98. The van der Waals surface area contributed by atoms with Crippen molar-refractivity contribution in [3.8, 4) is 0 Å². The smallest absolute Gasteiger partial charge is 0.352 e. The quantitative estimate of drug-likeness (QED) is 0.588. The van der Waals surface area contributed by atoms with Crippen molar-refractivity contribution in [2.24, 2.45) is 0 Å². The molecule has 1 fully saturated rings. The van der Waals surface area contributed by atoms with E-state index in [9.17, 15) is 9.90 Å². The van der Waals surface area contributed by atoms with Crippen molar-refractivity contribution in [1.29, 1.82) is 0 Å². The molecule has 0 spiro atoms. The summed E-state index contributed by atoms with van der Waals surface area (Å²) >= 11 is 0. The van der Waals surface area contributed by atoms with Gasteiger partial charge in [0.2, 0.25) is 0 Å². The van der Waals surface area contributed by atoms with Gasteiger partial charge in [-0.25, -0.2) is 4.79 Å². The maximum absolute atomic E-state index is 12.3. The topological polar surface area (TPSA) is 57.5 Å². The van der Waals surface area contributed by atoms with Crippen molar-refractivity contribution in [2.75, 3.05) is 19.6 Å². The second kappa shape index (κ2) is 9.02. The van der Waals surface area contributed by atoms with E-state index in [1.165, 1.54) is 24.9 Å². The van der Waals surface area contributed by atoms with E-state index in [1.807, 2.05) is 41.0 Å². The standard InChI is InChI=1S/C25H31N3O2/c1-3-27-14-8-11-20(27)15-26-16-22-21-12-6-7-13-23(21)28(24(22)25(29)30)17-19-10-5-4-9-18(19)2/h4-7,9-10,12-13,20,26H,3,8,11,14-17H2,1-2H3,(H,29,30)/t20-/m1/s1. The molecule has 1 atom stereocenters. The Hall–Kier alpha value is -2.63. The maximum atomic E-state index is 12.3. The fourth-order valence-electron chi connectivity index (χ4n) is 4.83. The molecule has 1 aliphatic heterocycles. The van der Waals surface area contributed by atoms with E-state index in [4.69, 9.17) is 0 Å². The SMILES string of the molecule is CCN1CCC[C@@H]1CNCc1c(C(=O)O)n(Cc2ccccc2C)c2ccccc12. The number of rotatable bonds is 8. The van der Waals surface area contributed by atoms with Gasteiger partial charge in [0.15, 0.2) is 0 Å². The highest BCUT2D eigenvalue weighted by Gasteiger charge is 2.25. The molecule has 2 N–H and O–H groups in total. The number of carboxylic acids is 1. The Balaban J connectivity index is 1.66. The maximum Gasteiger partial charge on any atom is 0.352 e. The largest absolute Gasteiger partial charge is 0.477 e. The summed E-state index contributed by atoms with van der Waals surface area (Å²) in [6.45, 7) is 8.54. The van der Waals surface area contributed by atoms with Gasteiger partial charge in [-0.2, -0.15) is 0 Å². The molecular weight excluding hydrogens is 374 g/mol. The predicted octanol–water partition coefficient (Wildman–Crippen LogP) is 4.27. The zero-order chi connectivity index (χ0) is 21.1. The van der Waals surface area contributed by atoms with Gasteiger partial charge in [-0.3, -0.25) is 4.90 Å². The number of carbonyl (C=O) groups is 1. The van der Waals surface area contributed by atoms with Crippen LogP contribution in [-0.4, -0.2) is 46.2 Å². The van der Waals surface area contributed by atoms with Crippen LogP contribution in [0.15, 0.2) is 48.5 Å². The van der Waals surface area contributed by atoms with Crippen LogP contribution in [0.3, 0.4) is 0 Å². The van der Waals surface area contributed by atoms with Gasteiger partial charge < -0.3 is 15.0 Å². The van der Waals surface area contributed by atoms with Crippen molar-refractivity contribution < 1.29 is 9.90 Å². The van der Waals surface area contributed by atoms with E-state index in [2.05, 4.69) is 36.2 Å². The zero-order valence-electron chi connectivity index (χ0n) is 17.9. The van der Waals surface area contributed by atoms with Crippen molar-refractivity contribution in [1.82, 2.24) is 14.8 Å². The number of para-hydroxylation sites is 1. The number of carboxylic acid groups (broad SMARTS) is 1. The summed E-state index contributed by atoms with van der Waals surface area (Å²) in [6, 6.07) is 16.8. The third kappa shape index (κ3) is 4.00. The van der Waals surface area contributed by atoms with Gasteiger partial charge in [0.05, 0.1) is 0 Å². The highest BCUT2D eigenvalue weighted by Crippen LogP contribution is 2.28. The van der Waals surface area contributed by atoms with Gasteiger partial charge in [0, 0.05) is 42.1 Å². The lowest BCUT2D eigenvalue weighted by Gasteiger charge is -2.23. The minimum atomic E-state index is -0.868. The molecule has 0 bridgehead atoms. The third-order valence-corrected chi connectivity index (χ3v) is 6.46. The number of aryl methyl sites for hydroxylation is 1. The van der Waals surface area contributed by atoms with Crippen LogP contribution in [-0.2, 0) is 13.1 Å². The van der Waals surface area contributed by atoms with E-state index in [-0.39, 0.29) is 0 Å². The zero-order valence-corrected chi connectivity index (χ0v) is 17.9. The Morgan fingerprint density at radius 2 is 1.93 bits per heavy atom. The average molecular weight is 406 g/mol. The van der Waals surface area contributed by atoms with E-state index in [1.54, 1.807) is 0 Å². The minimum absolute atomic E-state index is 0.394. The molecule has 4 rings (SSSR count). The van der Waals surface area contributed by atoms with Crippen molar-refractivity contribution in [3.63, 3.8) is 0 Å². The lowest BCUT2D eigenvalue weighted by Crippen LogP contribution is -2.37. The number of benzene rings is 2. The van der Waals surface area contributed by atoms with E-state index in [0.29, 0.717) is 24.8 Å². The number of likely N-dealkylation sites (tertiary alicyclic amines) is 1. The number of likely N-dealkylation sites (N-methyl/N-ethyl adjacent to an activating group) is 1. The molecule has 30 heavy (non-hydrogen) atoms. The van der Waals surface area contributed by atoms with Crippen molar-refractivity contribution >= 4 is 16.9 Å². The first-order valence-electron chi connectivity index (χ1n) is 10.9. The Labute approximate surface area is 178 Å². The van der Waals surface area contributed by atoms with Crippen molar-refractivity contribution in [3.05, 3.63) is 70.9 Å². The Morgan fingerprint density at radius 1 is 1.17 bits per heavy atom. The predicted molar refractivity (Wildman–Crippen MR) is 121 cm³/mol. The summed E-state index contributed by atoms with van der Waals surface area (Å²) in [5.74, 6) is -0.868. The second-order valence-electron chi connectivity index (χ2n) is 8.22. The fourth-order valence-corrected chi connectivity index (χ4v) is 4.83. The summed E-state index contributed by atoms with van der Waals surface area (Å²) in [5, 5.41) is 14.7. The molecule has 0 unspecified atom stereocenters. The number of fused-ring (bicyclic) bond motifs is 1. The van der Waals surface area contributed by atoms with E-state index < -0.39 is 5.97 Å². The molecule has 0 radical (unpaired) electrons. The van der Waals surface area contributed by atoms with Crippen LogP contribution in [0.1, 0.15) is 46.9 Å². The second-order valence-corrected chi connectivity index (χ2v) is 8.22. The third-order valence-electron chi connectivity index (χ3n) is 6.46. The van der Waals surface area contributed by atoms with Gasteiger partial charge in [-0.15, -0.1) is 0 Å². The van der Waals surface area contributed by atoms with Gasteiger partial charge in [-0.05, 0) is 50.0 Å². The fraction of sp³-hybridized carbons (Fsp3) is 0.400. The van der Waals surface area contributed by atoms with E-state index >= 15 is 0 Å². The molecular formula is C25H31N3O2. The monoisotopic (exact) mass is 405 g/mol. The first-order chi connectivity index (χ1) is 14.6. The number of aromatic carboxylic acids is 1. The Bertz CT molecular complexity index is 1040. The molecule has 1 aromatic heterocycles. The molecule has 5 nitrogen and oxygen atoms in total. The van der Waals surface area contributed by atoms with Crippen LogP contribution < -0.4 is 5.32 Å². The van der Waals surface area contributed by atoms with Crippen molar-refractivity contribution in [2.45, 2.75) is 45.8 Å². The lowest BCUT2D eigenvalue weighted by molar-refractivity contribution is 0.0684. The first kappa shape index (κ1) is 20.6. The molecule has 2 heterocycles. The molecule has 1 saturated heterocycles. The number of hydrogen-bond donors (Lipinski definition) is 2. The Kier molecular flexibility index (Phi) is 6.21. The summed E-state index contributed by atoms with van der Waals surface area (Å²) < 4.78 is 1.96. The number of nitrogens with zero attached hydrogens (tertiary/aromatic N) is 2. The normalized spacial score (nSPS) is 17.1. The van der Waals surface area contributed by atoms with Gasteiger partial charge in [0.1, 0.15) is 5.69 Å². The number of nitrogens with one attached hydrogen (secondary N) is 1. The molecule has 158 valence electrons. The van der Waals surface area contributed by atoms with Crippen LogP contribution in [0.5, 0.6) is 0 Å².